The van der Waals surface area contributed by atoms with E-state index < -0.39 is 0 Å². The zero-order valence-electron chi connectivity index (χ0n) is 14.2. The Bertz CT molecular complexity index is 993. The van der Waals surface area contributed by atoms with Gasteiger partial charge in [-0.05, 0) is 42.7 Å². The molecule has 2 unspecified atom stereocenters. The van der Waals surface area contributed by atoms with Crippen LogP contribution in [0.2, 0.25) is 0 Å². The normalized spacial score (nSPS) is 22.5. The summed E-state index contributed by atoms with van der Waals surface area (Å²) >= 11 is 0. The van der Waals surface area contributed by atoms with Gasteiger partial charge in [0.15, 0.2) is 5.65 Å². The van der Waals surface area contributed by atoms with Crippen LogP contribution in [0.4, 0.5) is 10.2 Å². The van der Waals surface area contributed by atoms with Crippen molar-refractivity contribution in [1.29, 1.82) is 0 Å². The molecule has 4 heterocycles. The second kappa shape index (κ2) is 5.79. The minimum absolute atomic E-state index is 0.00351. The summed E-state index contributed by atoms with van der Waals surface area (Å²) in [7, 11) is 0. The van der Waals surface area contributed by atoms with E-state index in [9.17, 15) is 4.39 Å². The van der Waals surface area contributed by atoms with Crippen molar-refractivity contribution in [1.82, 2.24) is 19.5 Å². The predicted octanol–water partition coefficient (Wildman–Crippen LogP) is 3.13. The molecule has 0 bridgehead atoms. The van der Waals surface area contributed by atoms with Gasteiger partial charge in [0.05, 0.1) is 11.9 Å². The van der Waals surface area contributed by atoms with E-state index in [1.165, 1.54) is 12.1 Å². The highest BCUT2D eigenvalue weighted by molar-refractivity contribution is 5.85. The van der Waals surface area contributed by atoms with Crippen LogP contribution in [-0.2, 0) is 0 Å². The first-order chi connectivity index (χ1) is 12.7. The first-order valence-electron chi connectivity index (χ1n) is 8.90. The van der Waals surface area contributed by atoms with E-state index in [2.05, 4.69) is 9.88 Å². The molecule has 26 heavy (non-hydrogen) atoms. The van der Waals surface area contributed by atoms with Crippen molar-refractivity contribution >= 4 is 17.3 Å². The number of aromatic nitrogens is 3. The van der Waals surface area contributed by atoms with Gasteiger partial charge in [-0.25, -0.2) is 13.9 Å². The highest BCUT2D eigenvalue weighted by atomic mass is 19.1. The average Bonchev–Trinajstić information content (AvgIpc) is 3.21. The average molecular weight is 350 g/mol. The predicted molar refractivity (Wildman–Crippen MR) is 97.3 cm³/mol. The molecule has 1 saturated heterocycles. The Labute approximate surface area is 150 Å². The number of nitrogen functional groups attached to an aromatic ring is 1. The van der Waals surface area contributed by atoms with Crippen molar-refractivity contribution in [3.8, 4) is 0 Å². The van der Waals surface area contributed by atoms with Gasteiger partial charge in [0.25, 0.3) is 0 Å². The number of hydrogen-bond acceptors (Lipinski definition) is 5. The number of imidazole rings is 1. The fourth-order valence-electron chi connectivity index (χ4n) is 3.99. The summed E-state index contributed by atoms with van der Waals surface area (Å²) in [6.45, 7) is 0.965. The van der Waals surface area contributed by atoms with Gasteiger partial charge in [-0.3, -0.25) is 4.99 Å². The molecule has 1 fully saturated rings. The standard InChI is InChI=1S/C19H19FN6/c20-13-6-4-12(5-7-13)18-19(25-10-2-1-3-16(25)23-18)14-8-9-17-22-15(21)11-26(17)24-14/h4-9,11,18-19H,1-3,10,21H2. The fraction of sp³-hybridized carbons (Fsp3) is 0.316. The van der Waals surface area contributed by atoms with Crippen molar-refractivity contribution in [3.05, 3.63) is 59.7 Å². The van der Waals surface area contributed by atoms with E-state index in [1.54, 1.807) is 10.7 Å². The zero-order chi connectivity index (χ0) is 17.7. The van der Waals surface area contributed by atoms with Gasteiger partial charge in [-0.1, -0.05) is 12.1 Å². The molecule has 2 atom stereocenters. The van der Waals surface area contributed by atoms with Gasteiger partial charge < -0.3 is 10.6 Å². The Morgan fingerprint density at radius 3 is 2.77 bits per heavy atom. The number of anilines is 1. The molecule has 0 amide bonds. The zero-order valence-corrected chi connectivity index (χ0v) is 14.2. The third-order valence-electron chi connectivity index (χ3n) is 5.18. The summed E-state index contributed by atoms with van der Waals surface area (Å²) in [6.07, 6.45) is 5.00. The molecule has 6 nitrogen and oxygen atoms in total. The number of amidine groups is 1. The number of benzene rings is 1. The Morgan fingerprint density at radius 2 is 1.92 bits per heavy atom. The lowest BCUT2D eigenvalue weighted by molar-refractivity contribution is 0.279. The van der Waals surface area contributed by atoms with Crippen molar-refractivity contribution < 1.29 is 4.39 Å². The van der Waals surface area contributed by atoms with E-state index in [0.29, 0.717) is 5.82 Å². The van der Waals surface area contributed by atoms with Gasteiger partial charge in [-0.15, -0.1) is 0 Å². The molecule has 2 aliphatic heterocycles. The highest BCUT2D eigenvalue weighted by Crippen LogP contribution is 2.43. The van der Waals surface area contributed by atoms with E-state index in [0.717, 1.165) is 48.5 Å². The maximum Gasteiger partial charge on any atom is 0.155 e. The van der Waals surface area contributed by atoms with Crippen LogP contribution in [0.5, 0.6) is 0 Å². The number of halogens is 1. The number of hydrogen-bond donors (Lipinski definition) is 1. The highest BCUT2D eigenvalue weighted by Gasteiger charge is 2.40. The van der Waals surface area contributed by atoms with Crippen LogP contribution in [0.25, 0.3) is 5.65 Å². The second-order valence-corrected chi connectivity index (χ2v) is 6.86. The topological polar surface area (TPSA) is 71.8 Å². The first-order valence-corrected chi connectivity index (χ1v) is 8.90. The van der Waals surface area contributed by atoms with Crippen LogP contribution in [0.3, 0.4) is 0 Å². The third kappa shape index (κ3) is 2.42. The van der Waals surface area contributed by atoms with Crippen LogP contribution in [0, 0.1) is 5.82 Å². The monoisotopic (exact) mass is 350 g/mol. The number of rotatable bonds is 2. The molecular formula is C19H19FN6. The number of aliphatic imine (C=N–C) groups is 1. The first kappa shape index (κ1) is 15.3. The lowest BCUT2D eigenvalue weighted by atomic mass is 9.96. The van der Waals surface area contributed by atoms with Gasteiger partial charge in [-0.2, -0.15) is 5.10 Å². The molecule has 0 spiro atoms. The molecule has 2 aliphatic rings. The Morgan fingerprint density at radius 1 is 1.08 bits per heavy atom. The largest absolute Gasteiger partial charge is 0.382 e. The number of piperidine rings is 1. The lowest BCUT2D eigenvalue weighted by Gasteiger charge is -2.32. The van der Waals surface area contributed by atoms with Crippen LogP contribution >= 0.6 is 0 Å². The van der Waals surface area contributed by atoms with Crippen molar-refractivity contribution in [2.45, 2.75) is 31.3 Å². The van der Waals surface area contributed by atoms with Crippen LogP contribution in [-0.4, -0.2) is 31.9 Å². The van der Waals surface area contributed by atoms with Gasteiger partial charge >= 0.3 is 0 Å². The molecule has 7 heteroatoms. The Kier molecular flexibility index (Phi) is 3.41. The number of fused-ring (bicyclic) bond motifs is 2. The maximum atomic E-state index is 13.4. The van der Waals surface area contributed by atoms with E-state index in [1.807, 2.05) is 24.3 Å². The van der Waals surface area contributed by atoms with Crippen molar-refractivity contribution in [3.63, 3.8) is 0 Å². The summed E-state index contributed by atoms with van der Waals surface area (Å²) in [4.78, 5) is 11.6. The molecule has 3 aromatic rings. The molecular weight excluding hydrogens is 331 g/mol. The Balaban J connectivity index is 1.61. The third-order valence-corrected chi connectivity index (χ3v) is 5.18. The summed E-state index contributed by atoms with van der Waals surface area (Å²) in [5, 5.41) is 4.75. The van der Waals surface area contributed by atoms with E-state index in [4.69, 9.17) is 15.8 Å². The minimum Gasteiger partial charge on any atom is -0.382 e. The molecule has 132 valence electrons. The van der Waals surface area contributed by atoms with Crippen molar-refractivity contribution in [2.75, 3.05) is 12.3 Å². The molecule has 0 radical (unpaired) electrons. The lowest BCUT2D eigenvalue weighted by Crippen LogP contribution is -2.36. The van der Waals surface area contributed by atoms with Gasteiger partial charge in [0.2, 0.25) is 0 Å². The molecule has 2 N–H and O–H groups in total. The van der Waals surface area contributed by atoms with Crippen LogP contribution in [0.1, 0.15) is 42.6 Å². The Hall–Kier alpha value is -2.96. The van der Waals surface area contributed by atoms with E-state index in [-0.39, 0.29) is 17.9 Å². The van der Waals surface area contributed by atoms with Gasteiger partial charge in [0.1, 0.15) is 29.6 Å². The molecule has 5 rings (SSSR count). The second-order valence-electron chi connectivity index (χ2n) is 6.86. The molecule has 1 aromatic carbocycles. The SMILES string of the molecule is Nc1cn2nc(C3C(c4ccc(F)cc4)N=C4CCCCN43)ccc2n1. The summed E-state index contributed by atoms with van der Waals surface area (Å²) in [5.41, 5.74) is 8.44. The fourth-order valence-corrected chi connectivity index (χ4v) is 3.99. The summed E-state index contributed by atoms with van der Waals surface area (Å²) in [6, 6.07) is 10.5. The van der Waals surface area contributed by atoms with Gasteiger partial charge in [0, 0.05) is 13.0 Å². The molecule has 2 aromatic heterocycles. The summed E-state index contributed by atoms with van der Waals surface area (Å²) in [5.74, 6) is 1.34. The number of nitrogens with two attached hydrogens (primary N) is 1. The van der Waals surface area contributed by atoms with Crippen LogP contribution < -0.4 is 5.73 Å². The quantitative estimate of drug-likeness (QED) is 0.771. The minimum atomic E-state index is -0.234. The van der Waals surface area contributed by atoms with Crippen molar-refractivity contribution in [2.24, 2.45) is 4.99 Å². The smallest absolute Gasteiger partial charge is 0.155 e. The maximum absolute atomic E-state index is 13.4. The van der Waals surface area contributed by atoms with E-state index >= 15 is 0 Å². The number of nitrogens with zero attached hydrogens (tertiary/aromatic N) is 5. The van der Waals surface area contributed by atoms with Crippen LogP contribution in [0.15, 0.2) is 47.6 Å². The molecule has 0 aliphatic carbocycles. The summed E-state index contributed by atoms with van der Waals surface area (Å²) < 4.78 is 15.1. The molecule has 0 saturated carbocycles.